The van der Waals surface area contributed by atoms with Crippen LogP contribution >= 0.6 is 15.9 Å². The minimum absolute atomic E-state index is 0.0730. The summed E-state index contributed by atoms with van der Waals surface area (Å²) in [6.07, 6.45) is 1.73. The van der Waals surface area contributed by atoms with E-state index in [-0.39, 0.29) is 12.0 Å². The number of hydrogen-bond donors (Lipinski definition) is 2. The minimum atomic E-state index is 0.0730. The lowest BCUT2D eigenvalue weighted by molar-refractivity contribution is 0.243. The van der Waals surface area contributed by atoms with Gasteiger partial charge in [0, 0.05) is 21.6 Å². The van der Waals surface area contributed by atoms with Gasteiger partial charge in [0.25, 0.3) is 0 Å². The fourth-order valence-electron chi connectivity index (χ4n) is 2.35. The smallest absolute Gasteiger partial charge is 0.198 e. The van der Waals surface area contributed by atoms with Crippen molar-refractivity contribution in [1.82, 2.24) is 4.98 Å². The lowest BCUT2D eigenvalue weighted by Crippen LogP contribution is -2.05. The molecule has 0 aliphatic rings. The number of aromatic amines is 1. The largest absolute Gasteiger partial charge is 0.494 e. The van der Waals surface area contributed by atoms with Crippen LogP contribution in [0.3, 0.4) is 0 Å². The van der Waals surface area contributed by atoms with Crippen LogP contribution in [0.5, 0.6) is 11.6 Å². The van der Waals surface area contributed by atoms with Gasteiger partial charge in [-0.05, 0) is 44.2 Å². The van der Waals surface area contributed by atoms with Crippen molar-refractivity contribution < 1.29 is 9.84 Å². The Kier molecular flexibility index (Phi) is 4.39. The Balaban J connectivity index is 2.01. The number of H-pyrrole nitrogens is 1. The summed E-state index contributed by atoms with van der Waals surface area (Å²) in [4.78, 5) is 7.45. The van der Waals surface area contributed by atoms with Gasteiger partial charge in [0.15, 0.2) is 5.88 Å². The summed E-state index contributed by atoms with van der Waals surface area (Å²) in [6, 6.07) is 13.4. The molecule has 3 aromatic rings. The van der Waals surface area contributed by atoms with Crippen molar-refractivity contribution in [1.29, 1.82) is 0 Å². The maximum absolute atomic E-state index is 10.1. The van der Waals surface area contributed by atoms with Gasteiger partial charge in [-0.15, -0.1) is 0 Å². The van der Waals surface area contributed by atoms with Crippen LogP contribution in [0.2, 0.25) is 0 Å². The van der Waals surface area contributed by atoms with E-state index < -0.39 is 0 Å². The summed E-state index contributed by atoms with van der Waals surface area (Å²) in [7, 11) is 0. The Hall–Kier alpha value is -2.27. The van der Waals surface area contributed by atoms with Gasteiger partial charge in [0.1, 0.15) is 11.4 Å². The molecular formula is C18H17BrN2O2. The average Bonchev–Trinajstić information content (AvgIpc) is 2.81. The molecule has 0 saturated heterocycles. The predicted octanol–water partition coefficient (Wildman–Crippen LogP) is 5.17. The second-order valence-electron chi connectivity index (χ2n) is 5.47. The molecule has 0 saturated carbocycles. The Labute approximate surface area is 143 Å². The third kappa shape index (κ3) is 3.40. The van der Waals surface area contributed by atoms with Crippen LogP contribution in [0.15, 0.2) is 51.9 Å². The minimum Gasteiger partial charge on any atom is -0.494 e. The van der Waals surface area contributed by atoms with Crippen LogP contribution < -0.4 is 4.74 Å². The number of fused-ring (bicyclic) bond motifs is 1. The van der Waals surface area contributed by atoms with Gasteiger partial charge in [-0.2, -0.15) is 0 Å². The molecule has 0 atom stereocenters. The van der Waals surface area contributed by atoms with Crippen LogP contribution in [0, 0.1) is 0 Å². The molecular weight excluding hydrogens is 356 g/mol. The van der Waals surface area contributed by atoms with Crippen LogP contribution in [0.1, 0.15) is 19.4 Å². The van der Waals surface area contributed by atoms with E-state index in [0.29, 0.717) is 5.56 Å². The number of nitrogens with one attached hydrogen (secondary N) is 1. The predicted molar refractivity (Wildman–Crippen MR) is 97.1 cm³/mol. The zero-order valence-corrected chi connectivity index (χ0v) is 14.5. The standard InChI is InChI=1S/C18H17BrN2O2/c1-11(2)23-17-6-4-3-5-16(17)20-10-14-13-9-12(19)7-8-15(13)21-18(14)22/h3-11,21-22H,1-2H3. The number of aromatic hydroxyl groups is 1. The molecule has 0 radical (unpaired) electrons. The molecule has 0 aliphatic heterocycles. The van der Waals surface area contributed by atoms with Crippen molar-refractivity contribution in [3.05, 3.63) is 52.5 Å². The Morgan fingerprint density at radius 2 is 2.00 bits per heavy atom. The molecule has 0 bridgehead atoms. The highest BCUT2D eigenvalue weighted by atomic mass is 79.9. The molecule has 0 spiro atoms. The highest BCUT2D eigenvalue weighted by molar-refractivity contribution is 9.10. The monoisotopic (exact) mass is 372 g/mol. The van der Waals surface area contributed by atoms with Crippen molar-refractivity contribution in [3.8, 4) is 11.6 Å². The topological polar surface area (TPSA) is 57.6 Å². The second kappa shape index (κ2) is 6.46. The van der Waals surface area contributed by atoms with E-state index in [1.165, 1.54) is 0 Å². The Morgan fingerprint density at radius 1 is 1.22 bits per heavy atom. The zero-order chi connectivity index (χ0) is 16.4. The number of hydrogen-bond acceptors (Lipinski definition) is 3. The molecule has 4 nitrogen and oxygen atoms in total. The molecule has 23 heavy (non-hydrogen) atoms. The number of nitrogens with zero attached hydrogens (tertiary/aromatic N) is 1. The number of aromatic nitrogens is 1. The van der Waals surface area contributed by atoms with Crippen LogP contribution in [0.4, 0.5) is 5.69 Å². The summed E-state index contributed by atoms with van der Waals surface area (Å²) in [6.45, 7) is 3.95. The molecule has 0 fully saturated rings. The quantitative estimate of drug-likeness (QED) is 0.620. The molecule has 1 heterocycles. The lowest BCUT2D eigenvalue weighted by Gasteiger charge is -2.11. The van der Waals surface area contributed by atoms with Crippen molar-refractivity contribution in [2.24, 2.45) is 4.99 Å². The SMILES string of the molecule is CC(C)Oc1ccccc1N=Cc1c(O)[nH]c2ccc(Br)cc12. The molecule has 118 valence electrons. The van der Waals surface area contributed by atoms with Gasteiger partial charge in [0.2, 0.25) is 0 Å². The van der Waals surface area contributed by atoms with Gasteiger partial charge >= 0.3 is 0 Å². The van der Waals surface area contributed by atoms with E-state index in [2.05, 4.69) is 25.9 Å². The van der Waals surface area contributed by atoms with E-state index in [0.717, 1.165) is 26.8 Å². The van der Waals surface area contributed by atoms with Crippen molar-refractivity contribution in [2.75, 3.05) is 0 Å². The summed E-state index contributed by atoms with van der Waals surface area (Å²) >= 11 is 3.45. The average molecular weight is 373 g/mol. The van der Waals surface area contributed by atoms with Crippen LogP contribution in [-0.4, -0.2) is 22.4 Å². The second-order valence-corrected chi connectivity index (χ2v) is 6.39. The van der Waals surface area contributed by atoms with Gasteiger partial charge in [-0.25, -0.2) is 0 Å². The molecule has 2 aromatic carbocycles. The van der Waals surface area contributed by atoms with E-state index in [1.807, 2.05) is 56.3 Å². The summed E-state index contributed by atoms with van der Waals surface area (Å²) in [5, 5.41) is 11.0. The Morgan fingerprint density at radius 3 is 2.78 bits per heavy atom. The number of ether oxygens (including phenoxy) is 1. The molecule has 0 amide bonds. The number of rotatable bonds is 4. The first kappa shape index (κ1) is 15.6. The summed E-state index contributed by atoms with van der Waals surface area (Å²) in [5.74, 6) is 0.823. The number of halogens is 1. The van der Waals surface area contributed by atoms with Crippen LogP contribution in [0.25, 0.3) is 10.9 Å². The van der Waals surface area contributed by atoms with Crippen LogP contribution in [-0.2, 0) is 0 Å². The van der Waals surface area contributed by atoms with E-state index >= 15 is 0 Å². The van der Waals surface area contributed by atoms with Gasteiger partial charge in [-0.3, -0.25) is 4.99 Å². The maximum atomic E-state index is 10.1. The fourth-order valence-corrected chi connectivity index (χ4v) is 2.71. The fraction of sp³-hybridized carbons (Fsp3) is 0.167. The number of benzene rings is 2. The van der Waals surface area contributed by atoms with E-state index in [9.17, 15) is 5.11 Å². The van der Waals surface area contributed by atoms with E-state index in [1.54, 1.807) is 6.21 Å². The highest BCUT2D eigenvalue weighted by Gasteiger charge is 2.10. The maximum Gasteiger partial charge on any atom is 0.198 e. The zero-order valence-electron chi connectivity index (χ0n) is 12.9. The molecule has 0 unspecified atom stereocenters. The molecule has 0 aliphatic carbocycles. The highest BCUT2D eigenvalue weighted by Crippen LogP contribution is 2.31. The van der Waals surface area contributed by atoms with Crippen molar-refractivity contribution in [2.45, 2.75) is 20.0 Å². The third-order valence-corrected chi connectivity index (χ3v) is 3.83. The Bertz CT molecular complexity index is 869. The number of para-hydroxylation sites is 2. The normalized spacial score (nSPS) is 11.7. The third-order valence-electron chi connectivity index (χ3n) is 3.34. The lowest BCUT2D eigenvalue weighted by atomic mass is 10.2. The molecule has 3 rings (SSSR count). The first-order chi connectivity index (χ1) is 11.0. The van der Waals surface area contributed by atoms with Gasteiger partial charge in [0.05, 0.1) is 11.7 Å². The van der Waals surface area contributed by atoms with Gasteiger partial charge in [-0.1, -0.05) is 28.1 Å². The summed E-state index contributed by atoms with van der Waals surface area (Å²) < 4.78 is 6.71. The first-order valence-electron chi connectivity index (χ1n) is 7.34. The molecule has 2 N–H and O–H groups in total. The number of aliphatic imine (C=N–C) groups is 1. The van der Waals surface area contributed by atoms with Crippen molar-refractivity contribution in [3.63, 3.8) is 0 Å². The van der Waals surface area contributed by atoms with E-state index in [4.69, 9.17) is 4.74 Å². The molecule has 1 aromatic heterocycles. The van der Waals surface area contributed by atoms with Crippen molar-refractivity contribution >= 4 is 38.7 Å². The molecule has 5 heteroatoms. The summed E-state index contributed by atoms with van der Waals surface area (Å²) in [5.41, 5.74) is 2.24. The first-order valence-corrected chi connectivity index (χ1v) is 8.14. The van der Waals surface area contributed by atoms with Gasteiger partial charge < -0.3 is 14.8 Å².